The Labute approximate surface area is 110 Å². The number of likely N-dealkylation sites (tertiary alicyclic amines) is 1. The summed E-state index contributed by atoms with van der Waals surface area (Å²) < 4.78 is 5.49. The normalized spacial score (nSPS) is 29.3. The van der Waals surface area contributed by atoms with Crippen LogP contribution in [0.2, 0.25) is 0 Å². The van der Waals surface area contributed by atoms with Gasteiger partial charge in [-0.05, 0) is 32.1 Å². The maximum Gasteiger partial charge on any atom is 0.236 e. The molecular formula is C14H26N2O2. The minimum Gasteiger partial charge on any atom is -0.380 e. The van der Waals surface area contributed by atoms with Crippen molar-refractivity contribution in [2.45, 2.75) is 57.1 Å². The smallest absolute Gasteiger partial charge is 0.236 e. The van der Waals surface area contributed by atoms with Gasteiger partial charge >= 0.3 is 0 Å². The summed E-state index contributed by atoms with van der Waals surface area (Å²) in [6.07, 6.45) is 8.62. The van der Waals surface area contributed by atoms with E-state index in [1.165, 1.54) is 19.3 Å². The lowest BCUT2D eigenvalue weighted by atomic mass is 9.92. The number of methoxy groups -OCH3 is 1. The Balaban J connectivity index is 1.73. The Bertz CT molecular complexity index is 265. The molecule has 1 amide bonds. The molecular weight excluding hydrogens is 228 g/mol. The molecule has 4 heteroatoms. The molecule has 1 saturated heterocycles. The van der Waals surface area contributed by atoms with Gasteiger partial charge in [0.15, 0.2) is 0 Å². The van der Waals surface area contributed by atoms with Crippen LogP contribution in [0.25, 0.3) is 0 Å². The number of hydrogen-bond acceptors (Lipinski definition) is 3. The van der Waals surface area contributed by atoms with Crippen LogP contribution in [0.15, 0.2) is 0 Å². The van der Waals surface area contributed by atoms with Gasteiger partial charge in [-0.1, -0.05) is 12.8 Å². The minimum absolute atomic E-state index is 0.259. The predicted octanol–water partition coefficient (Wildman–Crippen LogP) is 1.55. The molecule has 2 atom stereocenters. The molecule has 1 N–H and O–H groups in total. The summed E-state index contributed by atoms with van der Waals surface area (Å²) in [7, 11) is 1.77. The zero-order valence-electron chi connectivity index (χ0n) is 11.5. The Morgan fingerprint density at radius 1 is 1.17 bits per heavy atom. The lowest BCUT2D eigenvalue weighted by Gasteiger charge is -2.32. The van der Waals surface area contributed by atoms with E-state index in [0.29, 0.717) is 12.6 Å². The fourth-order valence-electron chi connectivity index (χ4n) is 3.09. The van der Waals surface area contributed by atoms with E-state index in [1.54, 1.807) is 7.11 Å². The predicted molar refractivity (Wildman–Crippen MR) is 71.5 cm³/mol. The van der Waals surface area contributed by atoms with E-state index in [-0.39, 0.29) is 12.0 Å². The highest BCUT2D eigenvalue weighted by Crippen LogP contribution is 2.20. The SMILES string of the molecule is COC1CCCCC1NCC(=O)N1CCCCC1. The first kappa shape index (κ1) is 13.8. The third-order valence-corrected chi connectivity index (χ3v) is 4.23. The Hall–Kier alpha value is -0.610. The fraction of sp³-hybridized carbons (Fsp3) is 0.929. The van der Waals surface area contributed by atoms with Gasteiger partial charge in [0.2, 0.25) is 5.91 Å². The first-order valence-corrected chi connectivity index (χ1v) is 7.35. The molecule has 2 aliphatic rings. The number of carbonyl (C=O) groups is 1. The van der Waals surface area contributed by atoms with E-state index < -0.39 is 0 Å². The van der Waals surface area contributed by atoms with Crippen LogP contribution in [0.4, 0.5) is 0 Å². The molecule has 104 valence electrons. The van der Waals surface area contributed by atoms with Crippen LogP contribution < -0.4 is 5.32 Å². The highest BCUT2D eigenvalue weighted by Gasteiger charge is 2.25. The third-order valence-electron chi connectivity index (χ3n) is 4.23. The fourth-order valence-corrected chi connectivity index (χ4v) is 3.09. The van der Waals surface area contributed by atoms with Gasteiger partial charge in [-0.3, -0.25) is 4.79 Å². The molecule has 1 saturated carbocycles. The lowest BCUT2D eigenvalue weighted by Crippen LogP contribution is -2.48. The zero-order valence-corrected chi connectivity index (χ0v) is 11.5. The standard InChI is InChI=1S/C14H26N2O2/c1-18-13-8-4-3-7-12(13)15-11-14(17)16-9-5-2-6-10-16/h12-13,15H,2-11H2,1H3. The van der Waals surface area contributed by atoms with Gasteiger partial charge in [-0.25, -0.2) is 0 Å². The summed E-state index contributed by atoms with van der Waals surface area (Å²) >= 11 is 0. The molecule has 0 aromatic heterocycles. The quantitative estimate of drug-likeness (QED) is 0.827. The number of amides is 1. The van der Waals surface area contributed by atoms with Gasteiger partial charge in [0.25, 0.3) is 0 Å². The summed E-state index contributed by atoms with van der Waals surface area (Å²) in [5.41, 5.74) is 0. The van der Waals surface area contributed by atoms with Crippen molar-refractivity contribution in [1.82, 2.24) is 10.2 Å². The van der Waals surface area contributed by atoms with Crippen LogP contribution in [0, 0.1) is 0 Å². The van der Waals surface area contributed by atoms with Crippen molar-refractivity contribution < 1.29 is 9.53 Å². The molecule has 2 rings (SSSR count). The van der Waals surface area contributed by atoms with Gasteiger partial charge in [0.05, 0.1) is 12.6 Å². The Morgan fingerprint density at radius 3 is 2.61 bits per heavy atom. The summed E-state index contributed by atoms with van der Waals surface area (Å²) in [4.78, 5) is 14.1. The molecule has 1 aliphatic heterocycles. The molecule has 2 unspecified atom stereocenters. The van der Waals surface area contributed by atoms with Crippen molar-refractivity contribution in [2.24, 2.45) is 0 Å². The molecule has 0 aromatic carbocycles. The number of nitrogens with zero attached hydrogens (tertiary/aromatic N) is 1. The summed E-state index contributed by atoms with van der Waals surface area (Å²) in [5.74, 6) is 0.259. The number of piperidine rings is 1. The summed E-state index contributed by atoms with van der Waals surface area (Å²) in [5, 5.41) is 3.40. The number of rotatable bonds is 4. The topological polar surface area (TPSA) is 41.6 Å². The average Bonchev–Trinajstić information content (AvgIpc) is 2.46. The molecule has 1 aliphatic carbocycles. The maximum absolute atomic E-state index is 12.1. The van der Waals surface area contributed by atoms with Gasteiger partial charge in [0, 0.05) is 26.2 Å². The van der Waals surface area contributed by atoms with Crippen molar-refractivity contribution >= 4 is 5.91 Å². The van der Waals surface area contributed by atoms with Crippen molar-refractivity contribution in [3.63, 3.8) is 0 Å². The van der Waals surface area contributed by atoms with E-state index in [2.05, 4.69) is 5.32 Å². The van der Waals surface area contributed by atoms with Crippen LogP contribution >= 0.6 is 0 Å². The number of ether oxygens (including phenoxy) is 1. The number of carbonyl (C=O) groups excluding carboxylic acids is 1. The molecule has 0 radical (unpaired) electrons. The number of nitrogens with one attached hydrogen (secondary N) is 1. The second kappa shape index (κ2) is 7.10. The molecule has 0 spiro atoms. The third kappa shape index (κ3) is 3.69. The van der Waals surface area contributed by atoms with E-state index in [4.69, 9.17) is 4.74 Å². The highest BCUT2D eigenvalue weighted by atomic mass is 16.5. The Kier molecular flexibility index (Phi) is 5.45. The van der Waals surface area contributed by atoms with Crippen LogP contribution in [0.1, 0.15) is 44.9 Å². The van der Waals surface area contributed by atoms with E-state index >= 15 is 0 Å². The zero-order chi connectivity index (χ0) is 12.8. The van der Waals surface area contributed by atoms with E-state index in [9.17, 15) is 4.79 Å². The second-order valence-corrected chi connectivity index (χ2v) is 5.49. The average molecular weight is 254 g/mol. The van der Waals surface area contributed by atoms with Crippen LogP contribution in [-0.2, 0) is 9.53 Å². The maximum atomic E-state index is 12.1. The summed E-state index contributed by atoms with van der Waals surface area (Å²) in [6, 6.07) is 0.359. The van der Waals surface area contributed by atoms with Crippen LogP contribution in [-0.4, -0.2) is 49.7 Å². The van der Waals surface area contributed by atoms with Gasteiger partial charge in [0.1, 0.15) is 0 Å². The van der Waals surface area contributed by atoms with Crippen molar-refractivity contribution in [3.05, 3.63) is 0 Å². The number of hydrogen-bond donors (Lipinski definition) is 1. The van der Waals surface area contributed by atoms with E-state index in [1.807, 2.05) is 4.90 Å². The summed E-state index contributed by atoms with van der Waals surface area (Å²) in [6.45, 7) is 2.36. The molecule has 2 fully saturated rings. The lowest BCUT2D eigenvalue weighted by molar-refractivity contribution is -0.131. The molecule has 4 nitrogen and oxygen atoms in total. The van der Waals surface area contributed by atoms with Gasteiger partial charge < -0.3 is 15.0 Å². The van der Waals surface area contributed by atoms with Gasteiger partial charge in [-0.15, -0.1) is 0 Å². The molecule has 1 heterocycles. The van der Waals surface area contributed by atoms with E-state index in [0.717, 1.165) is 38.8 Å². The highest BCUT2D eigenvalue weighted by molar-refractivity contribution is 5.78. The monoisotopic (exact) mass is 254 g/mol. The first-order chi connectivity index (χ1) is 8.81. The largest absolute Gasteiger partial charge is 0.380 e. The van der Waals surface area contributed by atoms with Crippen molar-refractivity contribution in [3.8, 4) is 0 Å². The van der Waals surface area contributed by atoms with Crippen LogP contribution in [0.3, 0.4) is 0 Å². The van der Waals surface area contributed by atoms with Crippen molar-refractivity contribution in [1.29, 1.82) is 0 Å². The van der Waals surface area contributed by atoms with Crippen molar-refractivity contribution in [2.75, 3.05) is 26.7 Å². The second-order valence-electron chi connectivity index (χ2n) is 5.49. The van der Waals surface area contributed by atoms with Crippen LogP contribution in [0.5, 0.6) is 0 Å². The van der Waals surface area contributed by atoms with Gasteiger partial charge in [-0.2, -0.15) is 0 Å². The minimum atomic E-state index is 0.259. The molecule has 0 bridgehead atoms. The molecule has 0 aromatic rings. The molecule has 18 heavy (non-hydrogen) atoms. The Morgan fingerprint density at radius 2 is 1.89 bits per heavy atom. The first-order valence-electron chi connectivity index (χ1n) is 7.35.